The number of rotatable bonds is 8. The molecule has 0 aromatic carbocycles. The number of hydrogen-bond acceptors (Lipinski definition) is 5. The number of nitrogens with one attached hydrogen (secondary N) is 1. The molecule has 4 nitrogen and oxygen atoms in total. The standard InChI is InChI=1S/C14H30N2O2S2/c1-5-7-15-10-13(12(3)4)16-8-9-19-11-14(16)20(17,18)6-2/h12-15H,5-11H2,1-4H3. The van der Waals surface area contributed by atoms with Crippen molar-refractivity contribution in [3.05, 3.63) is 0 Å². The second-order valence-electron chi connectivity index (χ2n) is 5.73. The summed E-state index contributed by atoms with van der Waals surface area (Å²) in [5, 5.41) is 3.16. The Labute approximate surface area is 129 Å². The van der Waals surface area contributed by atoms with Crippen molar-refractivity contribution >= 4 is 21.6 Å². The largest absolute Gasteiger partial charge is 0.315 e. The molecule has 2 unspecified atom stereocenters. The Morgan fingerprint density at radius 2 is 2.05 bits per heavy atom. The first kappa shape index (κ1) is 18.3. The van der Waals surface area contributed by atoms with Gasteiger partial charge in [0.25, 0.3) is 0 Å². The zero-order valence-electron chi connectivity index (χ0n) is 13.3. The lowest BCUT2D eigenvalue weighted by molar-refractivity contribution is 0.147. The van der Waals surface area contributed by atoms with E-state index in [0.29, 0.717) is 17.7 Å². The van der Waals surface area contributed by atoms with E-state index >= 15 is 0 Å². The topological polar surface area (TPSA) is 49.4 Å². The van der Waals surface area contributed by atoms with Crippen LogP contribution in [0.5, 0.6) is 0 Å². The Hall–Kier alpha value is 0.220. The van der Waals surface area contributed by atoms with Gasteiger partial charge in [-0.3, -0.25) is 4.90 Å². The van der Waals surface area contributed by atoms with E-state index in [1.807, 2.05) is 0 Å². The molecule has 1 rings (SSSR count). The Kier molecular flexibility index (Phi) is 7.87. The smallest absolute Gasteiger partial charge is 0.166 e. The van der Waals surface area contributed by atoms with E-state index < -0.39 is 9.84 Å². The van der Waals surface area contributed by atoms with Gasteiger partial charge in [-0.1, -0.05) is 27.7 Å². The molecule has 0 aromatic heterocycles. The van der Waals surface area contributed by atoms with Gasteiger partial charge in [0.15, 0.2) is 9.84 Å². The maximum atomic E-state index is 12.3. The van der Waals surface area contributed by atoms with Crippen LogP contribution in [-0.2, 0) is 9.84 Å². The minimum Gasteiger partial charge on any atom is -0.315 e. The summed E-state index contributed by atoms with van der Waals surface area (Å²) in [4.78, 5) is 2.24. The molecule has 6 heteroatoms. The molecule has 1 aliphatic heterocycles. The summed E-state index contributed by atoms with van der Waals surface area (Å²) in [6, 6.07) is 0.300. The maximum absolute atomic E-state index is 12.3. The highest BCUT2D eigenvalue weighted by Gasteiger charge is 2.37. The van der Waals surface area contributed by atoms with Gasteiger partial charge in [-0.05, 0) is 18.9 Å². The van der Waals surface area contributed by atoms with Gasteiger partial charge in [-0.15, -0.1) is 0 Å². The highest BCUT2D eigenvalue weighted by atomic mass is 32.2. The molecule has 0 aromatic rings. The number of thioether (sulfide) groups is 1. The van der Waals surface area contributed by atoms with Gasteiger partial charge in [0.05, 0.1) is 0 Å². The Balaban J connectivity index is 2.84. The van der Waals surface area contributed by atoms with Gasteiger partial charge in [-0.25, -0.2) is 8.42 Å². The SMILES string of the molecule is CCCNCC(C(C)C)N1CCSCC1S(=O)(=O)CC. The quantitative estimate of drug-likeness (QED) is 0.691. The summed E-state index contributed by atoms with van der Waals surface area (Å²) in [6.45, 7) is 11.0. The maximum Gasteiger partial charge on any atom is 0.166 e. The van der Waals surface area contributed by atoms with Crippen molar-refractivity contribution in [1.82, 2.24) is 10.2 Å². The number of sulfone groups is 1. The summed E-state index contributed by atoms with van der Waals surface area (Å²) in [6.07, 6.45) is 1.11. The zero-order chi connectivity index (χ0) is 15.2. The molecule has 120 valence electrons. The van der Waals surface area contributed by atoms with Gasteiger partial charge < -0.3 is 5.32 Å². The van der Waals surface area contributed by atoms with Crippen LogP contribution in [0.25, 0.3) is 0 Å². The first-order valence-corrected chi connectivity index (χ1v) is 10.6. The lowest BCUT2D eigenvalue weighted by Gasteiger charge is -2.42. The Bertz CT molecular complexity index is 371. The van der Waals surface area contributed by atoms with E-state index in [2.05, 4.69) is 31.0 Å². The summed E-state index contributed by atoms with van der Waals surface area (Å²) < 4.78 is 24.7. The third-order valence-corrected chi connectivity index (χ3v) is 7.22. The first-order chi connectivity index (χ1) is 9.44. The molecule has 1 N–H and O–H groups in total. The molecule has 1 fully saturated rings. The molecule has 1 heterocycles. The molecule has 0 aliphatic carbocycles. The van der Waals surface area contributed by atoms with E-state index in [1.165, 1.54) is 0 Å². The zero-order valence-corrected chi connectivity index (χ0v) is 14.9. The fourth-order valence-corrected chi connectivity index (χ4v) is 5.72. The molecule has 0 spiro atoms. The van der Waals surface area contributed by atoms with Gasteiger partial charge in [0.1, 0.15) is 5.37 Å². The van der Waals surface area contributed by atoms with Crippen molar-refractivity contribution in [3.8, 4) is 0 Å². The molecule has 1 aliphatic rings. The van der Waals surface area contributed by atoms with Crippen LogP contribution in [0, 0.1) is 5.92 Å². The molecule has 2 atom stereocenters. The van der Waals surface area contributed by atoms with Crippen LogP contribution in [0.3, 0.4) is 0 Å². The fraction of sp³-hybridized carbons (Fsp3) is 1.00. The van der Waals surface area contributed by atoms with E-state index in [-0.39, 0.29) is 11.1 Å². The van der Waals surface area contributed by atoms with E-state index in [1.54, 1.807) is 18.7 Å². The normalized spacial score (nSPS) is 23.1. The molecule has 0 bridgehead atoms. The summed E-state index contributed by atoms with van der Waals surface area (Å²) in [7, 11) is -3.00. The van der Waals surface area contributed by atoms with E-state index in [0.717, 1.165) is 31.8 Å². The van der Waals surface area contributed by atoms with Crippen LogP contribution in [0.2, 0.25) is 0 Å². The molecule has 20 heavy (non-hydrogen) atoms. The Morgan fingerprint density at radius 3 is 2.60 bits per heavy atom. The fourth-order valence-electron chi connectivity index (χ4n) is 2.64. The number of nitrogens with zero attached hydrogens (tertiary/aromatic N) is 1. The highest BCUT2D eigenvalue weighted by molar-refractivity contribution is 8.01. The molecular weight excluding hydrogens is 292 g/mol. The number of hydrogen-bond donors (Lipinski definition) is 1. The second kappa shape index (κ2) is 8.61. The monoisotopic (exact) mass is 322 g/mol. The van der Waals surface area contributed by atoms with Crippen molar-refractivity contribution in [2.75, 3.05) is 36.9 Å². The highest BCUT2D eigenvalue weighted by Crippen LogP contribution is 2.26. The molecule has 0 amide bonds. The third kappa shape index (κ3) is 4.90. The lowest BCUT2D eigenvalue weighted by atomic mass is 10.0. The van der Waals surface area contributed by atoms with Crippen molar-refractivity contribution in [3.63, 3.8) is 0 Å². The summed E-state index contributed by atoms with van der Waals surface area (Å²) in [5.74, 6) is 2.44. The van der Waals surface area contributed by atoms with Gasteiger partial charge in [0, 0.05) is 36.4 Å². The average molecular weight is 323 g/mol. The van der Waals surface area contributed by atoms with Gasteiger partial charge in [0.2, 0.25) is 0 Å². The van der Waals surface area contributed by atoms with Crippen LogP contribution < -0.4 is 5.32 Å². The second-order valence-corrected chi connectivity index (χ2v) is 9.33. The minimum atomic E-state index is -3.00. The van der Waals surface area contributed by atoms with Crippen LogP contribution >= 0.6 is 11.8 Å². The van der Waals surface area contributed by atoms with Crippen LogP contribution in [0.4, 0.5) is 0 Å². The third-order valence-electron chi connectivity index (χ3n) is 3.92. The van der Waals surface area contributed by atoms with Gasteiger partial charge in [-0.2, -0.15) is 11.8 Å². The summed E-state index contributed by atoms with van der Waals surface area (Å²) >= 11 is 1.77. The molecule has 0 radical (unpaired) electrons. The van der Waals surface area contributed by atoms with Crippen molar-refractivity contribution in [1.29, 1.82) is 0 Å². The van der Waals surface area contributed by atoms with Gasteiger partial charge >= 0.3 is 0 Å². The predicted molar refractivity (Wildman–Crippen MR) is 89.1 cm³/mol. The molecule has 1 saturated heterocycles. The average Bonchev–Trinajstić information content (AvgIpc) is 2.43. The van der Waals surface area contributed by atoms with Crippen LogP contribution in [0.15, 0.2) is 0 Å². The van der Waals surface area contributed by atoms with Crippen molar-refractivity contribution in [2.45, 2.75) is 45.5 Å². The minimum absolute atomic E-state index is 0.238. The van der Waals surface area contributed by atoms with E-state index in [9.17, 15) is 8.42 Å². The van der Waals surface area contributed by atoms with Crippen molar-refractivity contribution < 1.29 is 8.42 Å². The molecular formula is C14H30N2O2S2. The molecule has 0 saturated carbocycles. The summed E-state index contributed by atoms with van der Waals surface area (Å²) in [5.41, 5.74) is 0. The van der Waals surface area contributed by atoms with Crippen molar-refractivity contribution in [2.24, 2.45) is 5.92 Å². The lowest BCUT2D eigenvalue weighted by Crippen LogP contribution is -2.56. The van der Waals surface area contributed by atoms with Crippen LogP contribution in [0.1, 0.15) is 34.1 Å². The van der Waals surface area contributed by atoms with Crippen LogP contribution in [-0.4, -0.2) is 61.6 Å². The predicted octanol–water partition coefficient (Wildman–Crippen LogP) is 1.82. The van der Waals surface area contributed by atoms with E-state index in [4.69, 9.17) is 0 Å². The Morgan fingerprint density at radius 1 is 1.35 bits per heavy atom. The first-order valence-electron chi connectivity index (χ1n) is 7.69.